The van der Waals surface area contributed by atoms with E-state index in [0.29, 0.717) is 18.1 Å². The van der Waals surface area contributed by atoms with Crippen LogP contribution in [0.2, 0.25) is 0 Å². The molecule has 3 aromatic carbocycles. The maximum absolute atomic E-state index is 13.1. The number of benzene rings is 3. The standard InChI is InChI=1S/C22H22N2O3S/c25-28(26,17-8-2-1-3-9-17)23-21-18-10-4-6-16-7-5-11-19(20(16)18)22(21)24-12-14-27-15-13-24/h1-11,21-23H,12-15H2/t21-,22+/m1/s1. The predicted octanol–water partition coefficient (Wildman–Crippen LogP) is 3.25. The largest absolute Gasteiger partial charge is 0.379 e. The lowest BCUT2D eigenvalue weighted by molar-refractivity contribution is 0.0106. The third kappa shape index (κ3) is 2.93. The third-order valence-electron chi connectivity index (χ3n) is 5.71. The van der Waals surface area contributed by atoms with E-state index in [1.165, 1.54) is 10.9 Å². The zero-order valence-electron chi connectivity index (χ0n) is 15.4. The molecule has 1 fully saturated rings. The molecule has 5 rings (SSSR count). The number of nitrogens with one attached hydrogen (secondary N) is 1. The summed E-state index contributed by atoms with van der Waals surface area (Å²) >= 11 is 0. The zero-order valence-corrected chi connectivity index (χ0v) is 16.2. The van der Waals surface area contributed by atoms with Gasteiger partial charge in [0.2, 0.25) is 10.0 Å². The van der Waals surface area contributed by atoms with Crippen molar-refractivity contribution in [2.75, 3.05) is 26.3 Å². The topological polar surface area (TPSA) is 58.6 Å². The van der Waals surface area contributed by atoms with Gasteiger partial charge >= 0.3 is 0 Å². The molecular formula is C22H22N2O3S. The Balaban J connectivity index is 1.61. The maximum Gasteiger partial charge on any atom is 0.241 e. The molecule has 3 aromatic rings. The molecule has 0 bridgehead atoms. The molecule has 1 heterocycles. The average Bonchev–Trinajstić information content (AvgIpc) is 3.04. The van der Waals surface area contributed by atoms with Crippen molar-refractivity contribution in [1.82, 2.24) is 9.62 Å². The molecule has 1 saturated heterocycles. The SMILES string of the molecule is O=S(=O)(N[C@@H]1c2cccc3cccc(c23)[C@@H]1N1CCOCC1)c1ccccc1. The van der Waals surface area contributed by atoms with Crippen LogP contribution in [0.1, 0.15) is 23.2 Å². The molecular weight excluding hydrogens is 372 g/mol. The third-order valence-corrected chi connectivity index (χ3v) is 7.17. The number of nitrogens with zero attached hydrogens (tertiary/aromatic N) is 1. The van der Waals surface area contributed by atoms with Gasteiger partial charge in [-0.05, 0) is 34.0 Å². The normalized spacial score (nSPS) is 22.6. The van der Waals surface area contributed by atoms with E-state index >= 15 is 0 Å². The summed E-state index contributed by atoms with van der Waals surface area (Å²) in [7, 11) is -3.64. The molecule has 0 radical (unpaired) electrons. The number of rotatable bonds is 4. The highest BCUT2D eigenvalue weighted by atomic mass is 32.2. The van der Waals surface area contributed by atoms with Crippen LogP contribution in [0.3, 0.4) is 0 Å². The zero-order chi connectivity index (χ0) is 19.1. The molecule has 144 valence electrons. The summed E-state index contributed by atoms with van der Waals surface area (Å²) in [5, 5.41) is 2.32. The summed E-state index contributed by atoms with van der Waals surface area (Å²) < 4.78 is 34.8. The summed E-state index contributed by atoms with van der Waals surface area (Å²) in [5.74, 6) is 0. The lowest BCUT2D eigenvalue weighted by atomic mass is 10.0. The van der Waals surface area contributed by atoms with Crippen molar-refractivity contribution in [3.63, 3.8) is 0 Å². The predicted molar refractivity (Wildman–Crippen MR) is 109 cm³/mol. The fraction of sp³-hybridized carbons (Fsp3) is 0.273. The van der Waals surface area contributed by atoms with Gasteiger partial charge in [0.25, 0.3) is 0 Å². The van der Waals surface area contributed by atoms with Crippen LogP contribution in [-0.4, -0.2) is 39.6 Å². The highest BCUT2D eigenvalue weighted by Gasteiger charge is 2.40. The van der Waals surface area contributed by atoms with Crippen LogP contribution in [-0.2, 0) is 14.8 Å². The monoisotopic (exact) mass is 394 g/mol. The molecule has 5 nitrogen and oxygen atoms in total. The van der Waals surface area contributed by atoms with E-state index < -0.39 is 10.0 Å². The lowest BCUT2D eigenvalue weighted by Gasteiger charge is -2.36. The number of hydrogen-bond acceptors (Lipinski definition) is 4. The van der Waals surface area contributed by atoms with Gasteiger partial charge in [0.15, 0.2) is 0 Å². The van der Waals surface area contributed by atoms with Gasteiger partial charge in [0.1, 0.15) is 0 Å². The van der Waals surface area contributed by atoms with Crippen LogP contribution < -0.4 is 4.72 Å². The molecule has 6 heteroatoms. The molecule has 0 aromatic heterocycles. The second-order valence-electron chi connectivity index (χ2n) is 7.30. The minimum Gasteiger partial charge on any atom is -0.379 e. The quantitative estimate of drug-likeness (QED) is 0.738. The summed E-state index contributed by atoms with van der Waals surface area (Å²) in [6, 6.07) is 20.6. The highest BCUT2D eigenvalue weighted by Crippen LogP contribution is 2.47. The molecule has 0 spiro atoms. The molecule has 28 heavy (non-hydrogen) atoms. The first-order valence-electron chi connectivity index (χ1n) is 9.56. The fourth-order valence-corrected chi connectivity index (χ4v) is 5.72. The van der Waals surface area contributed by atoms with E-state index in [4.69, 9.17) is 4.74 Å². The van der Waals surface area contributed by atoms with Gasteiger partial charge in [0, 0.05) is 13.1 Å². The second-order valence-corrected chi connectivity index (χ2v) is 9.01. The van der Waals surface area contributed by atoms with Crippen molar-refractivity contribution >= 4 is 20.8 Å². The lowest BCUT2D eigenvalue weighted by Crippen LogP contribution is -2.44. The molecule has 0 saturated carbocycles. The smallest absolute Gasteiger partial charge is 0.241 e. The molecule has 1 N–H and O–H groups in total. The number of morpholine rings is 1. The van der Waals surface area contributed by atoms with Crippen LogP contribution in [0.15, 0.2) is 71.6 Å². The number of hydrogen-bond donors (Lipinski definition) is 1. The van der Waals surface area contributed by atoms with Crippen molar-refractivity contribution < 1.29 is 13.2 Å². The fourth-order valence-electron chi connectivity index (χ4n) is 4.48. The Morgan fingerprint density at radius 2 is 1.54 bits per heavy atom. The van der Waals surface area contributed by atoms with E-state index in [1.807, 2.05) is 18.2 Å². The first kappa shape index (κ1) is 17.8. The summed E-state index contributed by atoms with van der Waals surface area (Å²) in [6.07, 6.45) is 0. The molecule has 1 aliphatic carbocycles. The Morgan fingerprint density at radius 3 is 2.25 bits per heavy atom. The second kappa shape index (κ2) is 6.97. The van der Waals surface area contributed by atoms with Crippen molar-refractivity contribution in [3.05, 3.63) is 77.9 Å². The minimum absolute atomic E-state index is 0.0384. The Morgan fingerprint density at radius 1 is 0.857 bits per heavy atom. The van der Waals surface area contributed by atoms with Crippen LogP contribution >= 0.6 is 0 Å². The Bertz CT molecular complexity index is 1100. The Labute approximate surface area is 165 Å². The summed E-state index contributed by atoms with van der Waals surface area (Å²) in [5.41, 5.74) is 2.24. The molecule has 2 aliphatic rings. The van der Waals surface area contributed by atoms with Gasteiger partial charge < -0.3 is 4.74 Å². The molecule has 0 unspecified atom stereocenters. The highest BCUT2D eigenvalue weighted by molar-refractivity contribution is 7.89. The van der Waals surface area contributed by atoms with Gasteiger partial charge in [-0.1, -0.05) is 54.6 Å². The van der Waals surface area contributed by atoms with Gasteiger partial charge in [-0.25, -0.2) is 13.1 Å². The Kier molecular flexibility index (Phi) is 4.44. The van der Waals surface area contributed by atoms with E-state index in [-0.39, 0.29) is 12.1 Å². The summed E-state index contributed by atoms with van der Waals surface area (Å²) in [4.78, 5) is 2.63. The van der Waals surface area contributed by atoms with E-state index in [1.54, 1.807) is 24.3 Å². The number of ether oxygens (including phenoxy) is 1. The van der Waals surface area contributed by atoms with Gasteiger partial charge in [-0.15, -0.1) is 0 Å². The van der Waals surface area contributed by atoms with Crippen LogP contribution in [0.4, 0.5) is 0 Å². The van der Waals surface area contributed by atoms with Crippen LogP contribution in [0.25, 0.3) is 10.8 Å². The Hall–Kier alpha value is -2.25. The van der Waals surface area contributed by atoms with Gasteiger partial charge in [-0.2, -0.15) is 0 Å². The van der Waals surface area contributed by atoms with Crippen molar-refractivity contribution in [1.29, 1.82) is 0 Å². The first-order valence-corrected chi connectivity index (χ1v) is 11.0. The van der Waals surface area contributed by atoms with Crippen molar-refractivity contribution in [2.24, 2.45) is 0 Å². The van der Waals surface area contributed by atoms with E-state index in [0.717, 1.165) is 24.0 Å². The minimum atomic E-state index is -3.64. The molecule has 1 aliphatic heterocycles. The summed E-state index contributed by atoms with van der Waals surface area (Å²) in [6.45, 7) is 2.92. The van der Waals surface area contributed by atoms with Gasteiger partial charge in [0.05, 0.1) is 30.2 Å². The van der Waals surface area contributed by atoms with Crippen molar-refractivity contribution in [2.45, 2.75) is 17.0 Å². The molecule has 0 amide bonds. The molecule has 2 atom stereocenters. The van der Waals surface area contributed by atoms with E-state index in [2.05, 4.69) is 33.9 Å². The van der Waals surface area contributed by atoms with Crippen molar-refractivity contribution in [3.8, 4) is 0 Å². The maximum atomic E-state index is 13.1. The number of sulfonamides is 1. The van der Waals surface area contributed by atoms with Crippen LogP contribution in [0, 0.1) is 0 Å². The average molecular weight is 394 g/mol. The van der Waals surface area contributed by atoms with E-state index in [9.17, 15) is 8.42 Å². The van der Waals surface area contributed by atoms with Crippen LogP contribution in [0.5, 0.6) is 0 Å². The van der Waals surface area contributed by atoms with Gasteiger partial charge in [-0.3, -0.25) is 4.90 Å². The first-order chi connectivity index (χ1) is 13.6.